The summed E-state index contributed by atoms with van der Waals surface area (Å²) in [6, 6.07) is 12.2. The second kappa shape index (κ2) is 10.5. The molecule has 0 N–H and O–H groups in total. The molecule has 4 atom stereocenters. The van der Waals surface area contributed by atoms with Crippen LogP contribution in [-0.2, 0) is 28.4 Å². The highest BCUT2D eigenvalue weighted by atomic mass is 32.2. The van der Waals surface area contributed by atoms with Gasteiger partial charge in [0.25, 0.3) is 0 Å². The summed E-state index contributed by atoms with van der Waals surface area (Å²) in [5.74, 6) is -16.3. The molecule has 0 spiro atoms. The monoisotopic (exact) mass is 648 g/mol. The van der Waals surface area contributed by atoms with Crippen LogP contribution in [0, 0.1) is 0 Å². The van der Waals surface area contributed by atoms with Crippen LogP contribution in [-0.4, -0.2) is 68.0 Å². The SMILES string of the molecule is COCO[C@@H](C)O[C@]12Sc3ccccc3C1=C1C(=C3c4ccccc4S[C@@]32O[C@H](C)OCOC)C(F)(F)C(F)(F)C1(F)F. The minimum absolute atomic E-state index is 0.0381. The molecule has 14 heteroatoms. The number of allylic oxidation sites excluding steroid dienone is 2. The van der Waals surface area contributed by atoms with Crippen molar-refractivity contribution < 1.29 is 54.8 Å². The van der Waals surface area contributed by atoms with Crippen molar-refractivity contribution in [3.63, 3.8) is 0 Å². The Morgan fingerprint density at radius 1 is 0.605 bits per heavy atom. The third-order valence-corrected chi connectivity index (χ3v) is 10.6. The van der Waals surface area contributed by atoms with Crippen LogP contribution in [0.2, 0.25) is 0 Å². The molecule has 0 radical (unpaired) electrons. The van der Waals surface area contributed by atoms with Gasteiger partial charge < -0.3 is 28.4 Å². The van der Waals surface area contributed by atoms with Crippen LogP contribution in [0.4, 0.5) is 26.3 Å². The maximum atomic E-state index is 16.1. The Morgan fingerprint density at radius 2 is 0.977 bits per heavy atom. The third kappa shape index (κ3) is 4.07. The molecule has 2 heterocycles. The number of thioether (sulfide) groups is 2. The molecular weight excluding hydrogens is 622 g/mol. The molecule has 2 aliphatic heterocycles. The average molecular weight is 649 g/mol. The van der Waals surface area contributed by atoms with E-state index in [9.17, 15) is 0 Å². The second-order valence-electron chi connectivity index (χ2n) is 10.2. The highest BCUT2D eigenvalue weighted by Gasteiger charge is 2.86. The molecule has 0 aromatic heterocycles. The first-order valence-electron chi connectivity index (χ1n) is 13.1. The summed E-state index contributed by atoms with van der Waals surface area (Å²) >= 11 is 1.80. The Bertz CT molecular complexity index is 1410. The molecule has 6 nitrogen and oxygen atoms in total. The smallest absolute Gasteiger partial charge is 0.359 e. The zero-order chi connectivity index (χ0) is 31.0. The van der Waals surface area contributed by atoms with Crippen molar-refractivity contribution in [2.45, 2.75) is 63.9 Å². The van der Waals surface area contributed by atoms with Gasteiger partial charge in [-0.2, -0.15) is 26.3 Å². The highest BCUT2D eigenvalue weighted by molar-refractivity contribution is 8.06. The zero-order valence-corrected chi connectivity index (χ0v) is 24.9. The van der Waals surface area contributed by atoms with E-state index in [4.69, 9.17) is 28.4 Å². The predicted molar refractivity (Wildman–Crippen MR) is 146 cm³/mol. The van der Waals surface area contributed by atoms with E-state index in [2.05, 4.69) is 0 Å². The molecule has 6 rings (SSSR count). The van der Waals surface area contributed by atoms with Crippen molar-refractivity contribution in [2.75, 3.05) is 27.8 Å². The normalized spacial score (nSPS) is 28.7. The number of rotatable bonds is 10. The maximum absolute atomic E-state index is 16.1. The summed E-state index contributed by atoms with van der Waals surface area (Å²) in [6.45, 7) is 2.38. The van der Waals surface area contributed by atoms with Gasteiger partial charge >= 0.3 is 17.8 Å². The molecule has 43 heavy (non-hydrogen) atoms. The molecule has 0 amide bonds. The summed E-state index contributed by atoms with van der Waals surface area (Å²) < 4.78 is 129. The Labute approximate surface area is 251 Å². The standard InChI is InChI=1S/C29H26F6O6S2/c1-15(38-13-36-3)40-27-21(17-9-5-7-11-19(17)42-27)23-24(26(32,33)29(34,35)25(23,30)31)22-18-10-6-8-12-20(18)43-28(22,27)41-16(2)39-14-37-4/h5-12,15-16H,13-14H2,1-4H3/t15-,16-,27+,28+/m1/s1. The second-order valence-corrected chi connectivity index (χ2v) is 12.6. The lowest BCUT2D eigenvalue weighted by Gasteiger charge is -2.50. The average Bonchev–Trinajstić information content (AvgIpc) is 3.50. The van der Waals surface area contributed by atoms with Crippen LogP contribution in [0.5, 0.6) is 0 Å². The van der Waals surface area contributed by atoms with E-state index < -0.39 is 62.5 Å². The first-order valence-corrected chi connectivity index (χ1v) is 14.7. The van der Waals surface area contributed by atoms with Gasteiger partial charge in [-0.05, 0) is 37.1 Å². The lowest BCUT2D eigenvalue weighted by atomic mass is 9.76. The molecule has 2 aromatic rings. The van der Waals surface area contributed by atoms with Crippen LogP contribution in [0.3, 0.4) is 0 Å². The number of methoxy groups -OCH3 is 2. The summed E-state index contributed by atoms with van der Waals surface area (Å²) in [5, 5.41) is 0. The number of hydrogen-bond acceptors (Lipinski definition) is 8. The summed E-state index contributed by atoms with van der Waals surface area (Å²) in [6.07, 6.45) is -2.42. The van der Waals surface area contributed by atoms with E-state index in [0.29, 0.717) is 9.79 Å². The first-order chi connectivity index (χ1) is 20.3. The number of benzene rings is 2. The van der Waals surface area contributed by atoms with E-state index in [1.807, 2.05) is 0 Å². The topological polar surface area (TPSA) is 55.4 Å². The summed E-state index contributed by atoms with van der Waals surface area (Å²) in [4.78, 5) is -3.65. The van der Waals surface area contributed by atoms with Crippen LogP contribution in [0.25, 0.3) is 11.1 Å². The fraction of sp³-hybridized carbons (Fsp3) is 0.448. The fourth-order valence-corrected chi connectivity index (χ4v) is 9.21. The van der Waals surface area contributed by atoms with Crippen molar-refractivity contribution in [1.29, 1.82) is 0 Å². The predicted octanol–water partition coefficient (Wildman–Crippen LogP) is 7.40. The van der Waals surface area contributed by atoms with Crippen molar-refractivity contribution in [3.05, 3.63) is 70.8 Å². The van der Waals surface area contributed by atoms with Crippen LogP contribution >= 0.6 is 23.5 Å². The molecule has 0 unspecified atom stereocenters. The van der Waals surface area contributed by atoms with Gasteiger partial charge in [0.2, 0.25) is 0 Å². The minimum Gasteiger partial charge on any atom is -0.359 e. The van der Waals surface area contributed by atoms with Crippen molar-refractivity contribution in [3.8, 4) is 0 Å². The summed E-state index contributed by atoms with van der Waals surface area (Å²) in [5.41, 5.74) is -3.99. The molecule has 0 saturated heterocycles. The quantitative estimate of drug-likeness (QED) is 0.195. The lowest BCUT2D eigenvalue weighted by Crippen LogP contribution is -2.57. The zero-order valence-electron chi connectivity index (χ0n) is 23.2. The van der Waals surface area contributed by atoms with E-state index >= 15 is 26.3 Å². The van der Waals surface area contributed by atoms with Crippen LogP contribution in [0.15, 0.2) is 69.5 Å². The molecule has 2 aromatic carbocycles. The van der Waals surface area contributed by atoms with E-state index in [0.717, 1.165) is 23.5 Å². The Balaban J connectivity index is 1.76. The maximum Gasteiger partial charge on any atom is 0.380 e. The van der Waals surface area contributed by atoms with Gasteiger partial charge in [-0.3, -0.25) is 0 Å². The third-order valence-electron chi connectivity index (χ3n) is 7.58. The molecule has 1 fully saturated rings. The number of hydrogen-bond donors (Lipinski definition) is 0. The number of fused-ring (bicyclic) bond motifs is 8. The highest BCUT2D eigenvalue weighted by Crippen LogP contribution is 2.79. The Morgan fingerprint density at radius 3 is 1.35 bits per heavy atom. The van der Waals surface area contributed by atoms with Gasteiger partial charge in [-0.1, -0.05) is 59.9 Å². The van der Waals surface area contributed by atoms with E-state index in [1.54, 1.807) is 24.3 Å². The van der Waals surface area contributed by atoms with Gasteiger partial charge in [-0.15, -0.1) is 0 Å². The van der Waals surface area contributed by atoms with Crippen LogP contribution < -0.4 is 0 Å². The van der Waals surface area contributed by atoms with Gasteiger partial charge in [-0.25, -0.2) is 0 Å². The van der Waals surface area contributed by atoms with Gasteiger partial charge in [0.05, 0.1) is 0 Å². The number of alkyl halides is 6. The first kappa shape index (κ1) is 31.0. The van der Waals surface area contributed by atoms with Gasteiger partial charge in [0.15, 0.2) is 22.4 Å². The number of halogens is 6. The molecular formula is C29H26F6O6S2. The Kier molecular flexibility index (Phi) is 7.57. The van der Waals surface area contributed by atoms with Crippen molar-refractivity contribution >= 4 is 34.7 Å². The molecule has 0 bridgehead atoms. The van der Waals surface area contributed by atoms with Gasteiger partial charge in [0.1, 0.15) is 13.6 Å². The van der Waals surface area contributed by atoms with E-state index in [-0.39, 0.29) is 24.7 Å². The van der Waals surface area contributed by atoms with E-state index in [1.165, 1.54) is 52.3 Å². The largest absolute Gasteiger partial charge is 0.380 e. The van der Waals surface area contributed by atoms with Crippen molar-refractivity contribution in [2.24, 2.45) is 0 Å². The molecule has 4 aliphatic rings. The molecule has 1 saturated carbocycles. The molecule has 232 valence electrons. The Hall–Kier alpha value is -2.04. The minimum atomic E-state index is -5.77. The summed E-state index contributed by atoms with van der Waals surface area (Å²) in [7, 11) is 2.72. The lowest BCUT2D eigenvalue weighted by molar-refractivity contribution is -0.257. The van der Waals surface area contributed by atoms with Crippen molar-refractivity contribution in [1.82, 2.24) is 0 Å². The fourth-order valence-electron chi connectivity index (χ4n) is 5.93. The van der Waals surface area contributed by atoms with Gasteiger partial charge in [0, 0.05) is 46.3 Å². The molecule has 2 aliphatic carbocycles. The number of ether oxygens (including phenoxy) is 6. The van der Waals surface area contributed by atoms with Crippen LogP contribution in [0.1, 0.15) is 25.0 Å².